The number of methoxy groups -OCH3 is 1. The standard InChI is InChI=1S/C8H18N2OS/c1-4-10-6(2)8(11-3)7(12)5-9/h5-10,12H,4H2,1-3H3/t6-,7?,8?/m0/s1. The number of nitrogens with one attached hydrogen (secondary N) is 2. The van der Waals surface area contributed by atoms with Gasteiger partial charge in [-0.25, -0.2) is 0 Å². The molecule has 0 saturated carbocycles. The topological polar surface area (TPSA) is 45.1 Å². The van der Waals surface area contributed by atoms with Crippen molar-refractivity contribution in [3.05, 3.63) is 0 Å². The zero-order chi connectivity index (χ0) is 9.56. The van der Waals surface area contributed by atoms with Crippen LogP contribution in [0.2, 0.25) is 0 Å². The van der Waals surface area contributed by atoms with Gasteiger partial charge in [-0.15, -0.1) is 0 Å². The molecule has 0 rings (SSSR count). The third-order valence-electron chi connectivity index (χ3n) is 1.80. The summed E-state index contributed by atoms with van der Waals surface area (Å²) >= 11 is 4.23. The summed E-state index contributed by atoms with van der Waals surface area (Å²) in [5.41, 5.74) is 0. The first-order valence-electron chi connectivity index (χ1n) is 4.12. The van der Waals surface area contributed by atoms with Crippen LogP contribution >= 0.6 is 12.6 Å². The maximum absolute atomic E-state index is 7.06. The van der Waals surface area contributed by atoms with Gasteiger partial charge >= 0.3 is 0 Å². The van der Waals surface area contributed by atoms with E-state index in [0.29, 0.717) is 0 Å². The van der Waals surface area contributed by atoms with Gasteiger partial charge in [-0.3, -0.25) is 0 Å². The summed E-state index contributed by atoms with van der Waals surface area (Å²) < 4.78 is 5.23. The van der Waals surface area contributed by atoms with Crippen LogP contribution in [0.3, 0.4) is 0 Å². The Morgan fingerprint density at radius 1 is 1.67 bits per heavy atom. The van der Waals surface area contributed by atoms with Gasteiger partial charge in [0.2, 0.25) is 0 Å². The van der Waals surface area contributed by atoms with Crippen LogP contribution in [-0.2, 0) is 4.74 Å². The second-order valence-electron chi connectivity index (χ2n) is 2.70. The highest BCUT2D eigenvalue weighted by Gasteiger charge is 2.21. The molecule has 2 unspecified atom stereocenters. The van der Waals surface area contributed by atoms with Gasteiger partial charge in [-0.1, -0.05) is 6.92 Å². The Labute approximate surface area is 79.8 Å². The molecule has 72 valence electrons. The van der Waals surface area contributed by atoms with E-state index in [2.05, 4.69) is 17.9 Å². The molecule has 0 radical (unpaired) electrons. The summed E-state index contributed by atoms with van der Waals surface area (Å²) in [5, 5.41) is 10.2. The SMILES string of the molecule is CCN[C@@H](C)C(OC)C(S)C=N. The normalized spacial score (nSPS) is 18.3. The van der Waals surface area contributed by atoms with Gasteiger partial charge in [0.25, 0.3) is 0 Å². The largest absolute Gasteiger partial charge is 0.378 e. The van der Waals surface area contributed by atoms with Crippen LogP contribution in [0.25, 0.3) is 0 Å². The van der Waals surface area contributed by atoms with Gasteiger partial charge in [-0.05, 0) is 13.5 Å². The monoisotopic (exact) mass is 190 g/mol. The van der Waals surface area contributed by atoms with Crippen molar-refractivity contribution in [1.82, 2.24) is 5.32 Å². The molecule has 0 aliphatic heterocycles. The van der Waals surface area contributed by atoms with E-state index >= 15 is 0 Å². The fourth-order valence-electron chi connectivity index (χ4n) is 1.17. The average molecular weight is 190 g/mol. The van der Waals surface area contributed by atoms with E-state index in [1.54, 1.807) is 7.11 Å². The molecule has 0 aromatic rings. The van der Waals surface area contributed by atoms with E-state index in [1.807, 2.05) is 13.8 Å². The lowest BCUT2D eigenvalue weighted by Crippen LogP contribution is -2.44. The Hall–Kier alpha value is -0.0600. The molecule has 0 amide bonds. The highest BCUT2D eigenvalue weighted by molar-refractivity contribution is 7.81. The molecule has 0 bridgehead atoms. The van der Waals surface area contributed by atoms with Gasteiger partial charge in [0.15, 0.2) is 0 Å². The number of ether oxygens (including phenoxy) is 1. The first-order valence-corrected chi connectivity index (χ1v) is 4.63. The number of hydrogen-bond acceptors (Lipinski definition) is 4. The zero-order valence-electron chi connectivity index (χ0n) is 7.87. The molecule has 3 nitrogen and oxygen atoms in total. The number of hydrogen-bond donors (Lipinski definition) is 3. The third-order valence-corrected chi connectivity index (χ3v) is 2.24. The quantitative estimate of drug-likeness (QED) is 0.431. The van der Waals surface area contributed by atoms with Crippen molar-refractivity contribution in [3.8, 4) is 0 Å². The molecule has 4 heteroatoms. The van der Waals surface area contributed by atoms with E-state index in [4.69, 9.17) is 10.1 Å². The summed E-state index contributed by atoms with van der Waals surface area (Å²) in [6, 6.07) is 0.226. The lowest BCUT2D eigenvalue weighted by molar-refractivity contribution is 0.0848. The number of rotatable bonds is 6. The van der Waals surface area contributed by atoms with E-state index in [-0.39, 0.29) is 17.4 Å². The predicted octanol–water partition coefficient (Wildman–Crippen LogP) is 0.947. The van der Waals surface area contributed by atoms with Gasteiger partial charge < -0.3 is 15.5 Å². The maximum atomic E-state index is 7.06. The molecular weight excluding hydrogens is 172 g/mol. The second kappa shape index (κ2) is 6.46. The lowest BCUT2D eigenvalue weighted by atomic mass is 10.1. The molecule has 12 heavy (non-hydrogen) atoms. The van der Waals surface area contributed by atoms with Crippen LogP contribution in [0.4, 0.5) is 0 Å². The van der Waals surface area contributed by atoms with Crippen molar-refractivity contribution in [2.24, 2.45) is 0 Å². The molecular formula is C8H18N2OS. The Bertz CT molecular complexity index is 132. The van der Waals surface area contributed by atoms with Crippen LogP contribution in [0.15, 0.2) is 0 Å². The zero-order valence-corrected chi connectivity index (χ0v) is 8.77. The van der Waals surface area contributed by atoms with Crippen LogP contribution in [0.5, 0.6) is 0 Å². The minimum absolute atomic E-state index is 0.0363. The maximum Gasteiger partial charge on any atom is 0.0887 e. The van der Waals surface area contributed by atoms with Gasteiger partial charge in [0.1, 0.15) is 0 Å². The smallest absolute Gasteiger partial charge is 0.0887 e. The van der Waals surface area contributed by atoms with Gasteiger partial charge in [-0.2, -0.15) is 12.6 Å². The van der Waals surface area contributed by atoms with E-state index in [0.717, 1.165) is 6.54 Å². The van der Waals surface area contributed by atoms with Crippen molar-refractivity contribution in [2.45, 2.75) is 31.2 Å². The number of likely N-dealkylation sites (N-methyl/N-ethyl adjacent to an activating group) is 1. The highest BCUT2D eigenvalue weighted by atomic mass is 32.1. The molecule has 0 aromatic heterocycles. The van der Waals surface area contributed by atoms with E-state index < -0.39 is 0 Å². The summed E-state index contributed by atoms with van der Waals surface area (Å²) in [6.07, 6.45) is 1.26. The third kappa shape index (κ3) is 3.56. The van der Waals surface area contributed by atoms with Crippen molar-refractivity contribution < 1.29 is 4.74 Å². The van der Waals surface area contributed by atoms with Gasteiger partial charge in [0, 0.05) is 19.4 Å². The summed E-state index contributed by atoms with van der Waals surface area (Å²) in [7, 11) is 1.64. The van der Waals surface area contributed by atoms with Crippen molar-refractivity contribution >= 4 is 18.8 Å². The second-order valence-corrected chi connectivity index (χ2v) is 3.30. The van der Waals surface area contributed by atoms with E-state index in [1.165, 1.54) is 6.21 Å². The minimum atomic E-state index is -0.135. The first-order chi connectivity index (χ1) is 5.67. The Morgan fingerprint density at radius 2 is 2.25 bits per heavy atom. The Kier molecular flexibility index (Phi) is 6.42. The van der Waals surface area contributed by atoms with Crippen LogP contribution in [-0.4, -0.2) is 37.3 Å². The molecule has 0 saturated heterocycles. The minimum Gasteiger partial charge on any atom is -0.378 e. The summed E-state index contributed by atoms with van der Waals surface area (Å²) in [5.74, 6) is 0. The molecule has 0 spiro atoms. The lowest BCUT2D eigenvalue weighted by Gasteiger charge is -2.25. The number of thiol groups is 1. The summed E-state index contributed by atoms with van der Waals surface area (Å²) in [4.78, 5) is 0. The van der Waals surface area contributed by atoms with Gasteiger partial charge in [0.05, 0.1) is 11.4 Å². The molecule has 0 fully saturated rings. The molecule has 0 aromatic carbocycles. The first kappa shape index (κ1) is 11.9. The van der Waals surface area contributed by atoms with Crippen LogP contribution in [0, 0.1) is 5.41 Å². The van der Waals surface area contributed by atoms with Crippen molar-refractivity contribution in [1.29, 1.82) is 5.41 Å². The Balaban J connectivity index is 4.02. The molecule has 3 atom stereocenters. The van der Waals surface area contributed by atoms with E-state index in [9.17, 15) is 0 Å². The summed E-state index contributed by atoms with van der Waals surface area (Å²) in [6.45, 7) is 4.98. The van der Waals surface area contributed by atoms with Crippen molar-refractivity contribution in [3.63, 3.8) is 0 Å². The molecule has 0 aliphatic carbocycles. The predicted molar refractivity (Wildman–Crippen MR) is 55.5 cm³/mol. The average Bonchev–Trinajstić information content (AvgIpc) is 2.06. The van der Waals surface area contributed by atoms with Crippen LogP contribution < -0.4 is 5.32 Å². The molecule has 0 heterocycles. The highest BCUT2D eigenvalue weighted by Crippen LogP contribution is 2.07. The Morgan fingerprint density at radius 3 is 2.58 bits per heavy atom. The molecule has 0 aliphatic rings. The fourth-order valence-corrected chi connectivity index (χ4v) is 1.55. The fraction of sp³-hybridized carbons (Fsp3) is 0.875. The van der Waals surface area contributed by atoms with Crippen molar-refractivity contribution in [2.75, 3.05) is 13.7 Å². The molecule has 2 N–H and O–H groups in total. The van der Waals surface area contributed by atoms with Crippen LogP contribution in [0.1, 0.15) is 13.8 Å².